The number of carbonyl (C=O) groups is 5. The number of primary amides is 1. The Balaban J connectivity index is 1.42. The van der Waals surface area contributed by atoms with Crippen molar-refractivity contribution in [1.29, 1.82) is 0 Å². The summed E-state index contributed by atoms with van der Waals surface area (Å²) in [6.45, 7) is 1.85. The van der Waals surface area contributed by atoms with Crippen molar-refractivity contribution in [2.45, 2.75) is 32.3 Å². The Bertz CT molecular complexity index is 1600. The minimum atomic E-state index is -1.13. The van der Waals surface area contributed by atoms with Crippen LogP contribution in [-0.4, -0.2) is 39.4 Å². The van der Waals surface area contributed by atoms with Gasteiger partial charge in [-0.15, -0.1) is 0 Å². The quantitative estimate of drug-likeness (QED) is 0.345. The standard InChI is InChI=1S/C31H26N2O7/c1-15-11-24(35)27-22(28(15)36)13-21-18(9-10-20-26(21)30(38)33(29(20)37)31(32)39)25(27)19-8-7-17(12-23(19)34)40-14-16-5-3-2-4-6-16/h2-9,11-12,20-21,25-26,34H,10,13-14H2,1H3,(H2,32,39)/t20-,21+,25+,26-/m0/s1. The van der Waals surface area contributed by atoms with Crippen molar-refractivity contribution < 1.29 is 33.8 Å². The number of carbonyl (C=O) groups excluding carboxylic acids is 5. The van der Waals surface area contributed by atoms with Gasteiger partial charge in [0.1, 0.15) is 18.1 Å². The largest absolute Gasteiger partial charge is 0.507 e. The highest BCUT2D eigenvalue weighted by Gasteiger charge is 2.57. The lowest BCUT2D eigenvalue weighted by Crippen LogP contribution is -2.42. The zero-order chi connectivity index (χ0) is 28.3. The minimum Gasteiger partial charge on any atom is -0.507 e. The maximum Gasteiger partial charge on any atom is 0.328 e. The molecule has 4 amide bonds. The van der Waals surface area contributed by atoms with Gasteiger partial charge in [-0.1, -0.05) is 48.0 Å². The van der Waals surface area contributed by atoms with Crippen molar-refractivity contribution in [1.82, 2.24) is 4.90 Å². The van der Waals surface area contributed by atoms with Gasteiger partial charge in [-0.25, -0.2) is 4.79 Å². The number of fused-ring (bicyclic) bond motifs is 3. The molecule has 202 valence electrons. The van der Waals surface area contributed by atoms with Gasteiger partial charge in [-0.05, 0) is 43.4 Å². The van der Waals surface area contributed by atoms with Gasteiger partial charge in [0.25, 0.3) is 0 Å². The SMILES string of the molecule is CC1=CC(=O)C2=C(C[C@@H]3C(=CC[C@@H]4C(=O)N(C(N)=O)C(=O)[C@@H]43)[C@@H]2c2ccc(OCc3ccccc3)cc2O)C1=O. The number of ether oxygens (including phenoxy) is 1. The van der Waals surface area contributed by atoms with E-state index in [0.29, 0.717) is 21.8 Å². The summed E-state index contributed by atoms with van der Waals surface area (Å²) in [6.07, 6.45) is 3.34. The molecule has 9 heteroatoms. The first-order chi connectivity index (χ1) is 19.2. The molecule has 6 rings (SSSR count). The van der Waals surface area contributed by atoms with Gasteiger partial charge in [0.15, 0.2) is 11.6 Å². The number of aromatic hydroxyl groups is 1. The fourth-order valence-electron chi connectivity index (χ4n) is 6.55. The molecular formula is C31H26N2O7. The first-order valence-corrected chi connectivity index (χ1v) is 13.0. The van der Waals surface area contributed by atoms with Crippen LogP contribution >= 0.6 is 0 Å². The first kappa shape index (κ1) is 25.5. The van der Waals surface area contributed by atoms with Gasteiger partial charge in [0.2, 0.25) is 11.8 Å². The molecule has 4 atom stereocenters. The summed E-state index contributed by atoms with van der Waals surface area (Å²) in [5, 5.41) is 11.2. The molecule has 0 unspecified atom stereocenters. The predicted octanol–water partition coefficient (Wildman–Crippen LogP) is 3.48. The number of nitrogens with two attached hydrogens (primary N) is 1. The lowest BCUT2D eigenvalue weighted by molar-refractivity contribution is -0.136. The van der Waals surface area contributed by atoms with Crippen LogP contribution in [-0.2, 0) is 25.8 Å². The van der Waals surface area contributed by atoms with E-state index in [2.05, 4.69) is 0 Å². The van der Waals surface area contributed by atoms with Crippen molar-refractivity contribution in [2.75, 3.05) is 0 Å². The summed E-state index contributed by atoms with van der Waals surface area (Å²) in [5.41, 5.74) is 8.14. The Hall–Kier alpha value is -4.79. The third-order valence-electron chi connectivity index (χ3n) is 8.34. The number of urea groups is 1. The molecule has 0 bridgehead atoms. The second kappa shape index (κ2) is 9.44. The van der Waals surface area contributed by atoms with E-state index in [-0.39, 0.29) is 53.5 Å². The van der Waals surface area contributed by atoms with Gasteiger partial charge in [-0.2, -0.15) is 4.90 Å². The molecule has 40 heavy (non-hydrogen) atoms. The Morgan fingerprint density at radius 3 is 2.50 bits per heavy atom. The second-order valence-corrected chi connectivity index (χ2v) is 10.6. The molecule has 3 aliphatic carbocycles. The molecule has 0 saturated carbocycles. The van der Waals surface area contributed by atoms with Crippen molar-refractivity contribution >= 4 is 29.4 Å². The van der Waals surface area contributed by atoms with Crippen LogP contribution in [0.4, 0.5) is 4.79 Å². The molecular weight excluding hydrogens is 512 g/mol. The molecule has 0 aromatic heterocycles. The van der Waals surface area contributed by atoms with E-state index < -0.39 is 41.5 Å². The van der Waals surface area contributed by atoms with Crippen LogP contribution in [0.5, 0.6) is 11.5 Å². The maximum atomic E-state index is 13.4. The number of phenolic OH excluding ortho intramolecular Hbond substituents is 1. The molecule has 1 aliphatic heterocycles. The van der Waals surface area contributed by atoms with E-state index in [0.717, 1.165) is 5.56 Å². The van der Waals surface area contributed by atoms with E-state index in [1.165, 1.54) is 12.1 Å². The molecule has 0 spiro atoms. The fraction of sp³-hybridized carbons (Fsp3) is 0.258. The van der Waals surface area contributed by atoms with Gasteiger partial charge in [0.05, 0.1) is 11.8 Å². The number of nitrogens with zero attached hydrogens (tertiary/aromatic N) is 1. The van der Waals surface area contributed by atoms with Crippen LogP contribution in [0, 0.1) is 17.8 Å². The highest BCUT2D eigenvalue weighted by molar-refractivity contribution is 6.24. The Kier molecular flexibility index (Phi) is 6.02. The number of imide groups is 3. The third kappa shape index (κ3) is 3.88. The monoisotopic (exact) mass is 538 g/mol. The molecule has 1 fully saturated rings. The van der Waals surface area contributed by atoms with Crippen molar-refractivity contribution in [3.8, 4) is 11.5 Å². The number of likely N-dealkylation sites (tertiary alicyclic amines) is 1. The van der Waals surface area contributed by atoms with Crippen molar-refractivity contribution in [2.24, 2.45) is 23.5 Å². The zero-order valence-electron chi connectivity index (χ0n) is 21.6. The highest BCUT2D eigenvalue weighted by atomic mass is 16.5. The van der Waals surface area contributed by atoms with Crippen LogP contribution < -0.4 is 10.5 Å². The summed E-state index contributed by atoms with van der Waals surface area (Å²) in [5.74, 6) is -4.85. The van der Waals surface area contributed by atoms with E-state index in [9.17, 15) is 29.1 Å². The molecule has 2 aromatic rings. The fourth-order valence-corrected chi connectivity index (χ4v) is 6.55. The Morgan fingerprint density at radius 1 is 1.05 bits per heavy atom. The van der Waals surface area contributed by atoms with Gasteiger partial charge in [-0.3, -0.25) is 19.2 Å². The first-order valence-electron chi connectivity index (χ1n) is 13.0. The molecule has 1 heterocycles. The van der Waals surface area contributed by atoms with E-state index in [1.54, 1.807) is 25.1 Å². The average Bonchev–Trinajstić information content (AvgIpc) is 3.20. The minimum absolute atomic E-state index is 0.0687. The molecule has 2 aromatic carbocycles. The molecule has 0 radical (unpaired) electrons. The highest BCUT2D eigenvalue weighted by Crippen LogP contribution is 2.56. The number of phenols is 1. The maximum absolute atomic E-state index is 13.4. The summed E-state index contributed by atoms with van der Waals surface area (Å²) in [6, 6.07) is 13.2. The number of hydrogen-bond donors (Lipinski definition) is 2. The lowest BCUT2D eigenvalue weighted by Gasteiger charge is -2.42. The number of hydrogen-bond acceptors (Lipinski definition) is 7. The summed E-state index contributed by atoms with van der Waals surface area (Å²) < 4.78 is 5.85. The molecule has 3 N–H and O–H groups in total. The van der Waals surface area contributed by atoms with Crippen LogP contribution in [0.3, 0.4) is 0 Å². The second-order valence-electron chi connectivity index (χ2n) is 10.6. The normalized spacial score (nSPS) is 25.7. The van der Waals surface area contributed by atoms with Gasteiger partial charge >= 0.3 is 6.03 Å². The summed E-state index contributed by atoms with van der Waals surface area (Å²) in [7, 11) is 0. The van der Waals surface area contributed by atoms with Crippen LogP contribution in [0.2, 0.25) is 0 Å². The third-order valence-corrected chi connectivity index (χ3v) is 8.34. The topological polar surface area (TPSA) is 144 Å². The molecule has 1 saturated heterocycles. The summed E-state index contributed by atoms with van der Waals surface area (Å²) in [4.78, 5) is 65.3. The van der Waals surface area contributed by atoms with Crippen molar-refractivity contribution in [3.63, 3.8) is 0 Å². The number of allylic oxidation sites excluding steroid dienone is 6. The van der Waals surface area contributed by atoms with E-state index >= 15 is 0 Å². The Labute approximate surface area is 229 Å². The zero-order valence-corrected chi connectivity index (χ0v) is 21.6. The lowest BCUT2D eigenvalue weighted by atomic mass is 9.59. The Morgan fingerprint density at radius 2 is 1.80 bits per heavy atom. The van der Waals surface area contributed by atoms with Crippen LogP contribution in [0.15, 0.2) is 83.0 Å². The smallest absolute Gasteiger partial charge is 0.328 e. The van der Waals surface area contributed by atoms with E-state index in [4.69, 9.17) is 10.5 Å². The number of amides is 4. The van der Waals surface area contributed by atoms with Crippen LogP contribution in [0.1, 0.15) is 36.8 Å². The molecule has 4 aliphatic rings. The van der Waals surface area contributed by atoms with Crippen molar-refractivity contribution in [3.05, 3.63) is 94.1 Å². The summed E-state index contributed by atoms with van der Waals surface area (Å²) >= 11 is 0. The van der Waals surface area contributed by atoms with Gasteiger partial charge < -0.3 is 15.6 Å². The predicted molar refractivity (Wildman–Crippen MR) is 142 cm³/mol. The number of ketones is 2. The number of rotatable bonds is 4. The van der Waals surface area contributed by atoms with E-state index in [1.807, 2.05) is 30.3 Å². The average molecular weight is 539 g/mol. The molecule has 9 nitrogen and oxygen atoms in total. The van der Waals surface area contributed by atoms with Gasteiger partial charge in [0, 0.05) is 34.3 Å². The van der Waals surface area contributed by atoms with Crippen LogP contribution in [0.25, 0.3) is 0 Å². The number of Topliss-reactive ketones (excluding diaryl/α,β-unsaturated/α-hetero) is 1. The number of benzene rings is 2.